The summed E-state index contributed by atoms with van der Waals surface area (Å²) in [6, 6.07) is 5.36. The number of hydrogen-bond acceptors (Lipinski definition) is 7. The molecule has 3 heterocycles. The topological polar surface area (TPSA) is 93.7 Å². The third-order valence-electron chi connectivity index (χ3n) is 3.94. The number of hydrogen-bond donors (Lipinski definition) is 1. The Morgan fingerprint density at radius 2 is 2.12 bits per heavy atom. The highest BCUT2D eigenvalue weighted by Gasteiger charge is 2.35. The average molecular weight is 346 g/mol. The van der Waals surface area contributed by atoms with Crippen molar-refractivity contribution in [2.24, 2.45) is 5.92 Å². The molecule has 0 spiro atoms. The second-order valence-electron chi connectivity index (χ2n) is 5.51. The van der Waals surface area contributed by atoms with Crippen LogP contribution < -0.4 is 19.7 Å². The molecule has 1 N–H and O–H groups in total. The molecule has 1 atom stereocenters. The lowest BCUT2D eigenvalue weighted by Crippen LogP contribution is -2.28. The molecule has 9 heteroatoms. The summed E-state index contributed by atoms with van der Waals surface area (Å²) in [4.78, 5) is 26.2. The van der Waals surface area contributed by atoms with Gasteiger partial charge in [-0.1, -0.05) is 4.49 Å². The van der Waals surface area contributed by atoms with Crippen LogP contribution in [-0.2, 0) is 9.59 Å². The first-order valence-electron chi connectivity index (χ1n) is 7.48. The number of benzene rings is 1. The number of anilines is 2. The predicted molar refractivity (Wildman–Crippen MR) is 86.4 cm³/mol. The van der Waals surface area contributed by atoms with Crippen molar-refractivity contribution in [2.75, 3.05) is 30.0 Å². The van der Waals surface area contributed by atoms with Crippen LogP contribution in [0.15, 0.2) is 23.6 Å². The van der Waals surface area contributed by atoms with Crippen LogP contribution in [-0.4, -0.2) is 41.2 Å². The molecule has 24 heavy (non-hydrogen) atoms. The molecule has 2 amide bonds. The first-order valence-corrected chi connectivity index (χ1v) is 8.32. The Labute approximate surface area is 141 Å². The van der Waals surface area contributed by atoms with Crippen molar-refractivity contribution in [3.8, 4) is 11.5 Å². The largest absolute Gasteiger partial charge is 0.486 e. The molecule has 4 rings (SSSR count). The van der Waals surface area contributed by atoms with Gasteiger partial charge in [0.2, 0.25) is 11.8 Å². The van der Waals surface area contributed by atoms with Crippen LogP contribution >= 0.6 is 11.5 Å². The Hall–Kier alpha value is -2.68. The highest BCUT2D eigenvalue weighted by molar-refractivity contribution is 7.03. The SMILES string of the molecule is O=C(Nc1csnn1)C1CC(=O)N(c2ccc3c(c2)OCCO3)C1. The van der Waals surface area contributed by atoms with E-state index in [4.69, 9.17) is 9.47 Å². The Morgan fingerprint density at radius 1 is 1.29 bits per heavy atom. The molecular weight excluding hydrogens is 332 g/mol. The maximum atomic E-state index is 12.3. The molecule has 1 unspecified atom stereocenters. The second-order valence-corrected chi connectivity index (χ2v) is 6.12. The molecule has 2 aromatic rings. The number of fused-ring (bicyclic) bond motifs is 1. The first kappa shape index (κ1) is 14.9. The van der Waals surface area contributed by atoms with Crippen LogP contribution in [0.4, 0.5) is 11.5 Å². The van der Waals surface area contributed by atoms with E-state index in [1.165, 1.54) is 0 Å². The number of ether oxygens (including phenoxy) is 2. The van der Waals surface area contributed by atoms with Gasteiger partial charge in [-0.15, -0.1) is 5.10 Å². The molecule has 1 fully saturated rings. The maximum absolute atomic E-state index is 12.3. The zero-order chi connectivity index (χ0) is 16.5. The first-order chi connectivity index (χ1) is 11.7. The third-order valence-corrected chi connectivity index (χ3v) is 4.45. The van der Waals surface area contributed by atoms with Gasteiger partial charge in [-0.05, 0) is 23.7 Å². The quantitative estimate of drug-likeness (QED) is 0.900. The number of carbonyl (C=O) groups excluding carboxylic acids is 2. The summed E-state index contributed by atoms with van der Waals surface area (Å²) >= 11 is 1.16. The van der Waals surface area contributed by atoms with E-state index in [-0.39, 0.29) is 18.2 Å². The van der Waals surface area contributed by atoms with Gasteiger partial charge in [0, 0.05) is 24.7 Å². The third kappa shape index (κ3) is 2.78. The molecule has 8 nitrogen and oxygen atoms in total. The lowest BCUT2D eigenvalue weighted by molar-refractivity contribution is -0.122. The van der Waals surface area contributed by atoms with E-state index in [2.05, 4.69) is 14.9 Å². The number of nitrogens with one attached hydrogen (secondary N) is 1. The van der Waals surface area contributed by atoms with Gasteiger partial charge in [-0.3, -0.25) is 9.59 Å². The molecular formula is C15H14N4O4S. The van der Waals surface area contributed by atoms with Gasteiger partial charge in [-0.25, -0.2) is 0 Å². The lowest BCUT2D eigenvalue weighted by atomic mass is 10.1. The minimum atomic E-state index is -0.424. The number of carbonyl (C=O) groups is 2. The smallest absolute Gasteiger partial charge is 0.231 e. The minimum Gasteiger partial charge on any atom is -0.486 e. The fourth-order valence-electron chi connectivity index (χ4n) is 2.78. The van der Waals surface area contributed by atoms with Gasteiger partial charge in [0.1, 0.15) is 13.2 Å². The molecule has 1 aromatic heterocycles. The summed E-state index contributed by atoms with van der Waals surface area (Å²) in [6.45, 7) is 1.32. The van der Waals surface area contributed by atoms with Crippen LogP contribution in [0.2, 0.25) is 0 Å². The summed E-state index contributed by atoms with van der Waals surface area (Å²) < 4.78 is 14.7. The van der Waals surface area contributed by atoms with Crippen molar-refractivity contribution in [2.45, 2.75) is 6.42 Å². The van der Waals surface area contributed by atoms with Crippen molar-refractivity contribution in [1.29, 1.82) is 0 Å². The predicted octanol–water partition coefficient (Wildman–Crippen LogP) is 1.30. The van der Waals surface area contributed by atoms with E-state index in [9.17, 15) is 9.59 Å². The highest BCUT2D eigenvalue weighted by Crippen LogP contribution is 2.36. The van der Waals surface area contributed by atoms with Crippen LogP contribution in [0.3, 0.4) is 0 Å². The van der Waals surface area contributed by atoms with E-state index in [0.717, 1.165) is 11.5 Å². The minimum absolute atomic E-state index is 0.0942. The van der Waals surface area contributed by atoms with Crippen LogP contribution in [0.25, 0.3) is 0 Å². The number of aromatic nitrogens is 2. The normalized spacial score (nSPS) is 19.4. The zero-order valence-corrected chi connectivity index (χ0v) is 13.4. The monoisotopic (exact) mass is 346 g/mol. The van der Waals surface area contributed by atoms with Crippen molar-refractivity contribution < 1.29 is 19.1 Å². The average Bonchev–Trinajstić information content (AvgIpc) is 3.24. The molecule has 124 valence electrons. The van der Waals surface area contributed by atoms with E-state index in [1.54, 1.807) is 28.5 Å². The van der Waals surface area contributed by atoms with Crippen molar-refractivity contribution in [3.05, 3.63) is 23.6 Å². The summed E-state index contributed by atoms with van der Waals surface area (Å²) in [5, 5.41) is 8.11. The van der Waals surface area contributed by atoms with E-state index >= 15 is 0 Å². The van der Waals surface area contributed by atoms with Crippen molar-refractivity contribution in [3.63, 3.8) is 0 Å². The molecule has 1 saturated heterocycles. The highest BCUT2D eigenvalue weighted by atomic mass is 32.1. The Balaban J connectivity index is 1.49. The van der Waals surface area contributed by atoms with Gasteiger partial charge >= 0.3 is 0 Å². The second kappa shape index (κ2) is 6.08. The zero-order valence-electron chi connectivity index (χ0n) is 12.6. The molecule has 0 aliphatic carbocycles. The number of nitrogens with zero attached hydrogens (tertiary/aromatic N) is 3. The summed E-state index contributed by atoms with van der Waals surface area (Å²) in [7, 11) is 0. The van der Waals surface area contributed by atoms with Crippen LogP contribution in [0.1, 0.15) is 6.42 Å². The van der Waals surface area contributed by atoms with E-state index in [0.29, 0.717) is 42.8 Å². The summed E-state index contributed by atoms with van der Waals surface area (Å²) in [6.07, 6.45) is 0.165. The summed E-state index contributed by atoms with van der Waals surface area (Å²) in [5.74, 6) is 0.955. The van der Waals surface area contributed by atoms with Crippen LogP contribution in [0.5, 0.6) is 11.5 Å². The molecule has 2 aliphatic heterocycles. The van der Waals surface area contributed by atoms with Gasteiger partial charge in [0.15, 0.2) is 17.3 Å². The van der Waals surface area contributed by atoms with Crippen molar-refractivity contribution >= 4 is 34.9 Å². The molecule has 2 aliphatic rings. The van der Waals surface area contributed by atoms with E-state index < -0.39 is 5.92 Å². The van der Waals surface area contributed by atoms with Gasteiger partial charge in [-0.2, -0.15) is 0 Å². The maximum Gasteiger partial charge on any atom is 0.231 e. The molecule has 0 radical (unpaired) electrons. The number of rotatable bonds is 3. The standard InChI is InChI=1S/C15H14N4O4S/c20-14-5-9(15(21)16-13-8-24-18-17-13)7-19(14)10-1-2-11-12(6-10)23-4-3-22-11/h1-2,6,8-9H,3-5,7H2,(H,16,21). The summed E-state index contributed by atoms with van der Waals surface area (Å²) in [5.41, 5.74) is 0.704. The fraction of sp³-hybridized carbons (Fsp3) is 0.333. The lowest BCUT2D eigenvalue weighted by Gasteiger charge is -2.22. The Morgan fingerprint density at radius 3 is 2.92 bits per heavy atom. The Bertz CT molecular complexity index is 780. The molecule has 0 bridgehead atoms. The van der Waals surface area contributed by atoms with Gasteiger partial charge < -0.3 is 19.7 Å². The Kier molecular flexibility index (Phi) is 3.77. The van der Waals surface area contributed by atoms with Crippen molar-refractivity contribution in [1.82, 2.24) is 9.59 Å². The fourth-order valence-corrected chi connectivity index (χ4v) is 3.17. The van der Waals surface area contributed by atoms with Gasteiger partial charge in [0.25, 0.3) is 0 Å². The van der Waals surface area contributed by atoms with Crippen LogP contribution in [0, 0.1) is 5.92 Å². The molecule has 0 saturated carbocycles. The van der Waals surface area contributed by atoms with Gasteiger partial charge in [0.05, 0.1) is 11.3 Å². The van der Waals surface area contributed by atoms with E-state index in [1.807, 2.05) is 0 Å². The number of amides is 2. The molecule has 1 aromatic carbocycles.